The number of rotatable bonds is 5. The zero-order chi connectivity index (χ0) is 15.4. The molecule has 2 aromatic rings. The van der Waals surface area contributed by atoms with E-state index in [0.29, 0.717) is 6.54 Å². The molecule has 7 heteroatoms. The maximum atomic E-state index is 12.1. The Hall–Kier alpha value is -1.73. The molecule has 0 aromatic carbocycles. The lowest BCUT2D eigenvalue weighted by Gasteiger charge is -2.27. The molecule has 0 radical (unpaired) electrons. The number of ether oxygens (including phenoxy) is 2. The summed E-state index contributed by atoms with van der Waals surface area (Å²) in [7, 11) is 1.70. The van der Waals surface area contributed by atoms with Gasteiger partial charge in [-0.05, 0) is 30.7 Å². The van der Waals surface area contributed by atoms with E-state index in [2.05, 4.69) is 10.3 Å². The van der Waals surface area contributed by atoms with Crippen LogP contribution in [-0.4, -0.2) is 40.3 Å². The Bertz CT molecular complexity index is 611. The second-order valence-electron chi connectivity index (χ2n) is 5.43. The number of nitrogens with zero attached hydrogens (tertiary/aromatic N) is 3. The molecule has 3 rings (SSSR count). The van der Waals surface area contributed by atoms with E-state index in [4.69, 9.17) is 9.47 Å². The molecule has 0 amide bonds. The van der Waals surface area contributed by atoms with Crippen LogP contribution in [0.2, 0.25) is 0 Å². The van der Waals surface area contributed by atoms with E-state index in [1.807, 2.05) is 17.5 Å². The minimum atomic E-state index is -0.404. The first-order valence-corrected chi connectivity index (χ1v) is 8.29. The largest absolute Gasteiger partial charge is 0.457 e. The summed E-state index contributed by atoms with van der Waals surface area (Å²) < 4.78 is 12.5. The third-order valence-corrected chi connectivity index (χ3v) is 4.69. The Balaban J connectivity index is 1.57. The van der Waals surface area contributed by atoms with E-state index < -0.39 is 5.97 Å². The summed E-state index contributed by atoms with van der Waals surface area (Å²) >= 11 is 1.65. The van der Waals surface area contributed by atoms with E-state index in [0.717, 1.165) is 25.7 Å². The van der Waals surface area contributed by atoms with Gasteiger partial charge in [-0.25, -0.2) is 9.48 Å². The van der Waals surface area contributed by atoms with Crippen molar-refractivity contribution in [2.45, 2.75) is 44.4 Å². The third kappa shape index (κ3) is 3.72. The zero-order valence-corrected chi connectivity index (χ0v) is 13.3. The van der Waals surface area contributed by atoms with Gasteiger partial charge >= 0.3 is 5.97 Å². The van der Waals surface area contributed by atoms with Gasteiger partial charge in [-0.15, -0.1) is 16.4 Å². The predicted octanol–water partition coefficient (Wildman–Crippen LogP) is 2.50. The van der Waals surface area contributed by atoms with Gasteiger partial charge < -0.3 is 9.47 Å². The first kappa shape index (κ1) is 15.2. The molecule has 2 aromatic heterocycles. The number of carbonyl (C=O) groups excluding carboxylic acids is 1. The highest BCUT2D eigenvalue weighted by Crippen LogP contribution is 2.23. The quantitative estimate of drug-likeness (QED) is 0.792. The molecule has 1 fully saturated rings. The SMILES string of the molecule is CO[C@@H]1CCC[C@@H](OC(=O)c2cn(Cc3cccs3)nn2)C1. The number of hydrogen-bond donors (Lipinski definition) is 0. The molecule has 1 aliphatic carbocycles. The van der Waals surface area contributed by atoms with Gasteiger partial charge in [0, 0.05) is 18.4 Å². The smallest absolute Gasteiger partial charge is 0.360 e. The van der Waals surface area contributed by atoms with E-state index in [9.17, 15) is 4.79 Å². The molecule has 6 nitrogen and oxygen atoms in total. The number of thiophene rings is 1. The van der Waals surface area contributed by atoms with Crippen LogP contribution < -0.4 is 0 Å². The Morgan fingerprint density at radius 1 is 1.45 bits per heavy atom. The molecular formula is C15H19N3O3S. The number of hydrogen-bond acceptors (Lipinski definition) is 6. The van der Waals surface area contributed by atoms with Crippen LogP contribution in [0.15, 0.2) is 23.7 Å². The van der Waals surface area contributed by atoms with E-state index in [1.165, 1.54) is 4.88 Å². The maximum absolute atomic E-state index is 12.1. The molecule has 118 valence electrons. The average Bonchev–Trinajstić information content (AvgIpc) is 3.20. The van der Waals surface area contributed by atoms with Gasteiger partial charge in [0.25, 0.3) is 0 Å². The van der Waals surface area contributed by atoms with Gasteiger partial charge in [-0.2, -0.15) is 0 Å². The molecular weight excluding hydrogens is 302 g/mol. The minimum absolute atomic E-state index is 0.0892. The fraction of sp³-hybridized carbons (Fsp3) is 0.533. The molecule has 2 heterocycles. The van der Waals surface area contributed by atoms with Crippen molar-refractivity contribution in [3.8, 4) is 0 Å². The highest BCUT2D eigenvalue weighted by atomic mass is 32.1. The van der Waals surface area contributed by atoms with Crippen LogP contribution in [0.1, 0.15) is 41.0 Å². The molecule has 0 N–H and O–H groups in total. The van der Waals surface area contributed by atoms with Crippen LogP contribution >= 0.6 is 11.3 Å². The standard InChI is InChI=1S/C15H19N3O3S/c1-20-11-4-2-5-12(8-11)21-15(19)14-10-18(17-16-14)9-13-6-3-7-22-13/h3,6-7,10-12H,2,4-5,8-9H2,1H3/t11-,12-/m1/s1. The molecule has 0 spiro atoms. The van der Waals surface area contributed by atoms with Crippen molar-refractivity contribution in [1.82, 2.24) is 15.0 Å². The van der Waals surface area contributed by atoms with Crippen LogP contribution in [0.4, 0.5) is 0 Å². The second-order valence-corrected chi connectivity index (χ2v) is 6.46. The molecule has 1 saturated carbocycles. The Morgan fingerprint density at radius 2 is 2.32 bits per heavy atom. The highest BCUT2D eigenvalue weighted by molar-refractivity contribution is 7.09. The summed E-state index contributed by atoms with van der Waals surface area (Å²) in [5, 5.41) is 9.91. The average molecular weight is 321 g/mol. The van der Waals surface area contributed by atoms with Crippen LogP contribution in [0, 0.1) is 0 Å². The van der Waals surface area contributed by atoms with E-state index >= 15 is 0 Å². The monoisotopic (exact) mass is 321 g/mol. The fourth-order valence-electron chi connectivity index (χ4n) is 2.67. The lowest BCUT2D eigenvalue weighted by Crippen LogP contribution is -2.29. The lowest BCUT2D eigenvalue weighted by atomic mass is 9.95. The number of methoxy groups -OCH3 is 1. The summed E-state index contributed by atoms with van der Waals surface area (Å²) in [4.78, 5) is 13.3. The summed E-state index contributed by atoms with van der Waals surface area (Å²) in [6.45, 7) is 0.618. The molecule has 0 saturated heterocycles. The van der Waals surface area contributed by atoms with Gasteiger partial charge in [-0.3, -0.25) is 0 Å². The van der Waals surface area contributed by atoms with Crippen molar-refractivity contribution in [2.24, 2.45) is 0 Å². The summed E-state index contributed by atoms with van der Waals surface area (Å²) in [6.07, 6.45) is 5.41. The molecule has 22 heavy (non-hydrogen) atoms. The number of esters is 1. The van der Waals surface area contributed by atoms with Crippen molar-refractivity contribution in [1.29, 1.82) is 0 Å². The van der Waals surface area contributed by atoms with Gasteiger partial charge in [0.2, 0.25) is 0 Å². The van der Waals surface area contributed by atoms with Gasteiger partial charge in [0.05, 0.1) is 18.8 Å². The first-order chi connectivity index (χ1) is 10.7. The predicted molar refractivity (Wildman–Crippen MR) is 81.9 cm³/mol. The van der Waals surface area contributed by atoms with Crippen molar-refractivity contribution >= 4 is 17.3 Å². The summed E-state index contributed by atoms with van der Waals surface area (Å²) in [6, 6.07) is 4.01. The van der Waals surface area contributed by atoms with E-state index in [1.54, 1.807) is 29.3 Å². The molecule has 0 bridgehead atoms. The molecule has 0 aliphatic heterocycles. The Morgan fingerprint density at radius 3 is 3.09 bits per heavy atom. The van der Waals surface area contributed by atoms with Crippen LogP contribution in [0.5, 0.6) is 0 Å². The fourth-order valence-corrected chi connectivity index (χ4v) is 3.36. The molecule has 2 atom stereocenters. The van der Waals surface area contributed by atoms with Crippen LogP contribution in [0.25, 0.3) is 0 Å². The van der Waals surface area contributed by atoms with Crippen molar-refractivity contribution in [3.05, 3.63) is 34.3 Å². The van der Waals surface area contributed by atoms with Crippen LogP contribution in [-0.2, 0) is 16.0 Å². The topological polar surface area (TPSA) is 66.2 Å². The molecule has 0 unspecified atom stereocenters. The third-order valence-electron chi connectivity index (χ3n) is 3.83. The van der Waals surface area contributed by atoms with Gasteiger partial charge in [-0.1, -0.05) is 11.3 Å². The highest BCUT2D eigenvalue weighted by Gasteiger charge is 2.26. The van der Waals surface area contributed by atoms with E-state index in [-0.39, 0.29) is 17.9 Å². The van der Waals surface area contributed by atoms with Crippen molar-refractivity contribution < 1.29 is 14.3 Å². The second kappa shape index (κ2) is 7.02. The van der Waals surface area contributed by atoms with Crippen molar-refractivity contribution in [2.75, 3.05) is 7.11 Å². The normalized spacial score (nSPS) is 21.7. The number of aromatic nitrogens is 3. The summed E-state index contributed by atoms with van der Waals surface area (Å²) in [5.74, 6) is -0.404. The zero-order valence-electron chi connectivity index (χ0n) is 12.5. The van der Waals surface area contributed by atoms with Gasteiger partial charge in [0.15, 0.2) is 5.69 Å². The lowest BCUT2D eigenvalue weighted by molar-refractivity contribution is -0.0153. The first-order valence-electron chi connectivity index (χ1n) is 7.41. The van der Waals surface area contributed by atoms with Crippen molar-refractivity contribution in [3.63, 3.8) is 0 Å². The van der Waals surface area contributed by atoms with Gasteiger partial charge in [0.1, 0.15) is 6.10 Å². The number of carbonyl (C=O) groups is 1. The minimum Gasteiger partial charge on any atom is -0.457 e. The molecule has 1 aliphatic rings. The van der Waals surface area contributed by atoms with Crippen LogP contribution in [0.3, 0.4) is 0 Å². The Kier molecular flexibility index (Phi) is 4.84. The Labute approximate surface area is 133 Å². The maximum Gasteiger partial charge on any atom is 0.360 e. The summed E-state index contributed by atoms with van der Waals surface area (Å²) in [5.41, 5.74) is 0.260.